The van der Waals surface area contributed by atoms with Crippen LogP contribution in [-0.4, -0.2) is 49.4 Å². The van der Waals surface area contributed by atoms with Gasteiger partial charge in [-0.15, -0.1) is 11.3 Å². The summed E-state index contributed by atoms with van der Waals surface area (Å²) in [5.74, 6) is -0.913. The number of nitrogens with one attached hydrogen (secondary N) is 2. The SMILES string of the molecule is O=C(NCCc1ccc(Br)s1)C(=O)N1CCCNCC1. The molecule has 0 aliphatic carbocycles. The Bertz CT molecular complexity index is 470. The summed E-state index contributed by atoms with van der Waals surface area (Å²) in [7, 11) is 0. The maximum atomic E-state index is 12.0. The monoisotopic (exact) mass is 359 g/mol. The van der Waals surface area contributed by atoms with Crippen LogP contribution in [0.25, 0.3) is 0 Å². The average molecular weight is 360 g/mol. The summed E-state index contributed by atoms with van der Waals surface area (Å²) in [5.41, 5.74) is 0. The molecule has 0 spiro atoms. The lowest BCUT2D eigenvalue weighted by Gasteiger charge is -2.19. The third-order valence-electron chi connectivity index (χ3n) is 3.11. The Hall–Kier alpha value is -0.920. The molecule has 0 radical (unpaired) electrons. The van der Waals surface area contributed by atoms with Crippen molar-refractivity contribution in [3.8, 4) is 0 Å². The lowest BCUT2D eigenvalue weighted by atomic mass is 10.3. The highest BCUT2D eigenvalue weighted by Gasteiger charge is 2.21. The summed E-state index contributed by atoms with van der Waals surface area (Å²) in [6, 6.07) is 4.00. The minimum atomic E-state index is -0.498. The van der Waals surface area contributed by atoms with Gasteiger partial charge in [0.2, 0.25) is 0 Å². The normalized spacial score (nSPS) is 15.8. The van der Waals surface area contributed by atoms with Crippen molar-refractivity contribution in [3.05, 3.63) is 20.8 Å². The Kier molecular flexibility index (Phi) is 6.00. The highest BCUT2D eigenvalue weighted by molar-refractivity contribution is 9.11. The van der Waals surface area contributed by atoms with Crippen molar-refractivity contribution in [2.45, 2.75) is 12.8 Å². The maximum Gasteiger partial charge on any atom is 0.311 e. The number of carbonyl (C=O) groups excluding carboxylic acids is 2. The molecule has 5 nitrogen and oxygen atoms in total. The molecule has 1 saturated heterocycles. The first-order valence-corrected chi connectivity index (χ1v) is 8.30. The molecule has 0 atom stereocenters. The number of carbonyl (C=O) groups is 2. The first kappa shape index (κ1) is 15.5. The molecule has 1 fully saturated rings. The summed E-state index contributed by atoms with van der Waals surface area (Å²) in [6.45, 7) is 3.39. The van der Waals surface area contributed by atoms with E-state index in [4.69, 9.17) is 0 Å². The van der Waals surface area contributed by atoms with Crippen LogP contribution < -0.4 is 10.6 Å². The first-order chi connectivity index (χ1) is 9.66. The van der Waals surface area contributed by atoms with Gasteiger partial charge < -0.3 is 15.5 Å². The molecule has 20 heavy (non-hydrogen) atoms. The lowest BCUT2D eigenvalue weighted by molar-refractivity contribution is -0.145. The average Bonchev–Trinajstić information content (AvgIpc) is 2.68. The van der Waals surface area contributed by atoms with Crippen LogP contribution >= 0.6 is 27.3 Å². The van der Waals surface area contributed by atoms with Gasteiger partial charge in [-0.25, -0.2) is 0 Å². The zero-order valence-corrected chi connectivity index (χ0v) is 13.6. The number of nitrogens with zero attached hydrogens (tertiary/aromatic N) is 1. The van der Waals surface area contributed by atoms with Crippen LogP contribution in [0.15, 0.2) is 15.9 Å². The van der Waals surface area contributed by atoms with E-state index in [1.807, 2.05) is 12.1 Å². The van der Waals surface area contributed by atoms with Gasteiger partial charge in [-0.05, 0) is 47.4 Å². The van der Waals surface area contributed by atoms with E-state index < -0.39 is 11.8 Å². The molecule has 1 aliphatic heterocycles. The van der Waals surface area contributed by atoms with Crippen molar-refractivity contribution in [2.24, 2.45) is 0 Å². The van der Waals surface area contributed by atoms with Crippen molar-refractivity contribution in [1.29, 1.82) is 0 Å². The van der Waals surface area contributed by atoms with Gasteiger partial charge in [0.15, 0.2) is 0 Å². The number of amides is 2. The van der Waals surface area contributed by atoms with E-state index in [9.17, 15) is 9.59 Å². The van der Waals surface area contributed by atoms with Crippen molar-refractivity contribution < 1.29 is 9.59 Å². The predicted molar refractivity (Wildman–Crippen MR) is 82.8 cm³/mol. The van der Waals surface area contributed by atoms with E-state index in [0.717, 1.165) is 29.7 Å². The topological polar surface area (TPSA) is 61.4 Å². The van der Waals surface area contributed by atoms with Gasteiger partial charge in [-0.1, -0.05) is 0 Å². The molecule has 110 valence electrons. The Morgan fingerprint density at radius 3 is 2.95 bits per heavy atom. The number of thiophene rings is 1. The minimum absolute atomic E-state index is 0.416. The highest BCUT2D eigenvalue weighted by atomic mass is 79.9. The third-order valence-corrected chi connectivity index (χ3v) is 4.79. The quantitative estimate of drug-likeness (QED) is 0.791. The third kappa shape index (κ3) is 4.57. The van der Waals surface area contributed by atoms with E-state index in [1.54, 1.807) is 16.2 Å². The summed E-state index contributed by atoms with van der Waals surface area (Å²) in [4.78, 5) is 26.6. The molecule has 7 heteroatoms. The molecule has 0 aromatic carbocycles. The van der Waals surface area contributed by atoms with Crippen molar-refractivity contribution in [3.63, 3.8) is 0 Å². The van der Waals surface area contributed by atoms with E-state index in [1.165, 1.54) is 4.88 Å². The van der Waals surface area contributed by atoms with Gasteiger partial charge in [0.05, 0.1) is 3.79 Å². The summed E-state index contributed by atoms with van der Waals surface area (Å²) >= 11 is 5.04. The number of hydrogen-bond donors (Lipinski definition) is 2. The summed E-state index contributed by atoms with van der Waals surface area (Å²) in [6.07, 6.45) is 1.64. The van der Waals surface area contributed by atoms with Crippen molar-refractivity contribution in [1.82, 2.24) is 15.5 Å². The maximum absolute atomic E-state index is 12.0. The van der Waals surface area contributed by atoms with E-state index in [-0.39, 0.29) is 0 Å². The van der Waals surface area contributed by atoms with Crippen LogP contribution in [0.4, 0.5) is 0 Å². The van der Waals surface area contributed by atoms with E-state index in [2.05, 4.69) is 26.6 Å². The second-order valence-corrected chi connectivity index (χ2v) is 7.16. The van der Waals surface area contributed by atoms with Crippen LogP contribution in [-0.2, 0) is 16.0 Å². The Morgan fingerprint density at radius 1 is 1.35 bits per heavy atom. The zero-order chi connectivity index (χ0) is 14.4. The molecule has 0 bridgehead atoms. The van der Waals surface area contributed by atoms with E-state index >= 15 is 0 Å². The zero-order valence-electron chi connectivity index (χ0n) is 11.2. The molecular weight excluding hydrogens is 342 g/mol. The number of rotatable bonds is 3. The molecule has 1 aliphatic rings. The van der Waals surface area contributed by atoms with Crippen LogP contribution in [0, 0.1) is 0 Å². The van der Waals surface area contributed by atoms with Crippen LogP contribution in [0.5, 0.6) is 0 Å². The van der Waals surface area contributed by atoms with Crippen LogP contribution in [0.1, 0.15) is 11.3 Å². The van der Waals surface area contributed by atoms with Gasteiger partial charge in [-0.3, -0.25) is 9.59 Å². The van der Waals surface area contributed by atoms with Gasteiger partial charge >= 0.3 is 11.8 Å². The first-order valence-electron chi connectivity index (χ1n) is 6.69. The van der Waals surface area contributed by atoms with Crippen molar-refractivity contribution in [2.75, 3.05) is 32.7 Å². The molecule has 1 aromatic heterocycles. The molecule has 2 rings (SSSR count). The Morgan fingerprint density at radius 2 is 2.20 bits per heavy atom. The van der Waals surface area contributed by atoms with Crippen LogP contribution in [0.2, 0.25) is 0 Å². The molecule has 1 aromatic rings. The second-order valence-electron chi connectivity index (χ2n) is 4.61. The molecule has 2 N–H and O–H groups in total. The predicted octanol–water partition coefficient (Wildman–Crippen LogP) is 0.991. The minimum Gasteiger partial charge on any atom is -0.347 e. The van der Waals surface area contributed by atoms with Gasteiger partial charge in [0.25, 0.3) is 0 Å². The largest absolute Gasteiger partial charge is 0.347 e. The standard InChI is InChI=1S/C13H18BrN3O2S/c14-11-3-2-10(20-11)4-6-16-12(18)13(19)17-8-1-5-15-7-9-17/h2-3,15H,1,4-9H2,(H,16,18). The summed E-state index contributed by atoms with van der Waals surface area (Å²) in [5, 5.41) is 5.91. The van der Waals surface area contributed by atoms with Gasteiger partial charge in [0, 0.05) is 31.1 Å². The molecule has 0 saturated carbocycles. The summed E-state index contributed by atoms with van der Waals surface area (Å²) < 4.78 is 1.08. The smallest absolute Gasteiger partial charge is 0.311 e. The second kappa shape index (κ2) is 7.75. The molecule has 2 amide bonds. The van der Waals surface area contributed by atoms with E-state index in [0.29, 0.717) is 19.6 Å². The van der Waals surface area contributed by atoms with Crippen LogP contribution in [0.3, 0.4) is 0 Å². The fraction of sp³-hybridized carbons (Fsp3) is 0.538. The Labute approximate surface area is 130 Å². The van der Waals surface area contributed by atoms with Gasteiger partial charge in [0.1, 0.15) is 0 Å². The highest BCUT2D eigenvalue weighted by Crippen LogP contribution is 2.21. The van der Waals surface area contributed by atoms with Gasteiger partial charge in [-0.2, -0.15) is 0 Å². The van der Waals surface area contributed by atoms with Crippen molar-refractivity contribution >= 4 is 39.1 Å². The number of halogens is 1. The fourth-order valence-electron chi connectivity index (χ4n) is 2.05. The number of hydrogen-bond acceptors (Lipinski definition) is 4. The molecule has 0 unspecified atom stereocenters. The molecular formula is C13H18BrN3O2S. The fourth-order valence-corrected chi connectivity index (χ4v) is 3.54. The molecule has 2 heterocycles. The lowest BCUT2D eigenvalue weighted by Crippen LogP contribution is -2.44. The Balaban J connectivity index is 1.74.